The summed E-state index contributed by atoms with van der Waals surface area (Å²) >= 11 is 6.46. The van der Waals surface area contributed by atoms with Crippen LogP contribution in [0, 0.1) is 13.8 Å². The molecule has 0 aliphatic carbocycles. The van der Waals surface area contributed by atoms with Gasteiger partial charge in [-0.25, -0.2) is 8.42 Å². The standard InChI is InChI=1S/C31H38ClN3O4S/c1-6-24(5)33-31(37)28(7-2)34(20-25-16-12-22(3)13-17-25)30(36)21-35(29-11-9-8-10-27(29)32)40(38,39)26-18-14-23(4)15-19-26/h8-19,24,28H,6-7,20-21H2,1-5H3,(H,33,37)/t24-,28-/m1/s1. The summed E-state index contributed by atoms with van der Waals surface area (Å²) < 4.78 is 28.9. The third kappa shape index (κ3) is 7.64. The van der Waals surface area contributed by atoms with Crippen molar-refractivity contribution in [2.45, 2.75) is 71.0 Å². The fourth-order valence-electron chi connectivity index (χ4n) is 4.26. The van der Waals surface area contributed by atoms with Gasteiger partial charge < -0.3 is 10.2 Å². The lowest BCUT2D eigenvalue weighted by molar-refractivity contribution is -0.140. The molecule has 2 atom stereocenters. The van der Waals surface area contributed by atoms with E-state index in [9.17, 15) is 18.0 Å². The summed E-state index contributed by atoms with van der Waals surface area (Å²) in [6.07, 6.45) is 1.10. The Balaban J connectivity index is 2.06. The van der Waals surface area contributed by atoms with Crippen LogP contribution in [0.15, 0.2) is 77.7 Å². The highest BCUT2D eigenvalue weighted by Gasteiger charge is 2.34. The van der Waals surface area contributed by atoms with Gasteiger partial charge in [0.2, 0.25) is 11.8 Å². The molecule has 0 fully saturated rings. The zero-order valence-electron chi connectivity index (χ0n) is 23.7. The number of carbonyl (C=O) groups excluding carboxylic acids is 2. The summed E-state index contributed by atoms with van der Waals surface area (Å²) in [6.45, 7) is 9.17. The summed E-state index contributed by atoms with van der Waals surface area (Å²) in [5.74, 6) is -0.787. The van der Waals surface area contributed by atoms with Crippen LogP contribution in [0.5, 0.6) is 0 Å². The summed E-state index contributed by atoms with van der Waals surface area (Å²) in [5, 5.41) is 3.17. The van der Waals surface area contributed by atoms with Crippen LogP contribution < -0.4 is 9.62 Å². The van der Waals surface area contributed by atoms with Crippen LogP contribution in [-0.2, 0) is 26.2 Å². The lowest BCUT2D eigenvalue weighted by Gasteiger charge is -2.34. The number of anilines is 1. The molecule has 0 radical (unpaired) electrons. The van der Waals surface area contributed by atoms with E-state index in [-0.39, 0.29) is 34.1 Å². The summed E-state index contributed by atoms with van der Waals surface area (Å²) in [4.78, 5) is 28.9. The van der Waals surface area contributed by atoms with Gasteiger partial charge in [0.25, 0.3) is 10.0 Å². The first-order valence-electron chi connectivity index (χ1n) is 13.5. The van der Waals surface area contributed by atoms with Crippen molar-refractivity contribution in [3.05, 3.63) is 94.5 Å². The van der Waals surface area contributed by atoms with E-state index in [2.05, 4.69) is 5.32 Å². The highest BCUT2D eigenvalue weighted by atomic mass is 35.5. The average molecular weight is 584 g/mol. The smallest absolute Gasteiger partial charge is 0.264 e. The van der Waals surface area contributed by atoms with Crippen molar-refractivity contribution in [1.82, 2.24) is 10.2 Å². The van der Waals surface area contributed by atoms with Gasteiger partial charge in [-0.3, -0.25) is 13.9 Å². The largest absolute Gasteiger partial charge is 0.352 e. The Kier molecular flexibility index (Phi) is 10.8. The van der Waals surface area contributed by atoms with Crippen LogP contribution in [0.25, 0.3) is 0 Å². The Morgan fingerprint density at radius 3 is 2.00 bits per heavy atom. The molecule has 3 aromatic carbocycles. The Morgan fingerprint density at radius 1 is 0.875 bits per heavy atom. The number of benzene rings is 3. The van der Waals surface area contributed by atoms with E-state index in [4.69, 9.17) is 11.6 Å². The van der Waals surface area contributed by atoms with Gasteiger partial charge in [0, 0.05) is 12.6 Å². The predicted molar refractivity (Wildman–Crippen MR) is 161 cm³/mol. The van der Waals surface area contributed by atoms with Gasteiger partial charge in [0.05, 0.1) is 15.6 Å². The molecule has 0 saturated heterocycles. The number of halogens is 1. The Labute approximate surface area is 243 Å². The highest BCUT2D eigenvalue weighted by Crippen LogP contribution is 2.31. The molecule has 9 heteroatoms. The number of hydrogen-bond donors (Lipinski definition) is 1. The Bertz CT molecular complexity index is 1410. The second-order valence-corrected chi connectivity index (χ2v) is 12.3. The molecule has 3 rings (SSSR count). The molecule has 2 amide bonds. The van der Waals surface area contributed by atoms with Crippen molar-refractivity contribution in [3.8, 4) is 0 Å². The number of sulfonamides is 1. The number of nitrogens with zero attached hydrogens (tertiary/aromatic N) is 2. The predicted octanol–water partition coefficient (Wildman–Crippen LogP) is 5.87. The van der Waals surface area contributed by atoms with Gasteiger partial charge >= 0.3 is 0 Å². The quantitative estimate of drug-likeness (QED) is 0.289. The van der Waals surface area contributed by atoms with Crippen molar-refractivity contribution in [2.24, 2.45) is 0 Å². The zero-order chi connectivity index (χ0) is 29.4. The van der Waals surface area contributed by atoms with Crippen LogP contribution in [-0.4, -0.2) is 43.8 Å². The minimum Gasteiger partial charge on any atom is -0.352 e. The number of para-hydroxylation sites is 1. The second-order valence-electron chi connectivity index (χ2n) is 10.0. The van der Waals surface area contributed by atoms with Crippen molar-refractivity contribution in [3.63, 3.8) is 0 Å². The van der Waals surface area contributed by atoms with E-state index < -0.39 is 28.5 Å². The third-order valence-electron chi connectivity index (χ3n) is 6.87. The van der Waals surface area contributed by atoms with Crippen LogP contribution >= 0.6 is 11.6 Å². The molecule has 1 N–H and O–H groups in total. The first-order valence-corrected chi connectivity index (χ1v) is 15.3. The van der Waals surface area contributed by atoms with Crippen molar-refractivity contribution in [1.29, 1.82) is 0 Å². The van der Waals surface area contributed by atoms with Crippen molar-refractivity contribution < 1.29 is 18.0 Å². The molecule has 0 bridgehead atoms. The van der Waals surface area contributed by atoms with E-state index in [1.165, 1.54) is 17.0 Å². The number of aryl methyl sites for hydroxylation is 2. The first-order chi connectivity index (χ1) is 19.0. The van der Waals surface area contributed by atoms with E-state index in [1.54, 1.807) is 36.4 Å². The van der Waals surface area contributed by atoms with Crippen LogP contribution in [0.3, 0.4) is 0 Å². The van der Waals surface area contributed by atoms with Gasteiger partial charge in [-0.2, -0.15) is 0 Å². The maximum atomic E-state index is 14.1. The molecule has 7 nitrogen and oxygen atoms in total. The van der Waals surface area contributed by atoms with Crippen LogP contribution in [0.4, 0.5) is 5.69 Å². The summed E-state index contributed by atoms with van der Waals surface area (Å²) in [5.41, 5.74) is 2.99. The second kappa shape index (κ2) is 13.8. The summed E-state index contributed by atoms with van der Waals surface area (Å²) in [6, 6.07) is 19.8. The SMILES string of the molecule is CC[C@@H](C)NC(=O)[C@@H](CC)N(Cc1ccc(C)cc1)C(=O)CN(c1ccccc1Cl)S(=O)(=O)c1ccc(C)cc1. The van der Waals surface area contributed by atoms with Crippen LogP contribution in [0.2, 0.25) is 5.02 Å². The number of hydrogen-bond acceptors (Lipinski definition) is 4. The van der Waals surface area contributed by atoms with Crippen molar-refractivity contribution in [2.75, 3.05) is 10.8 Å². The van der Waals surface area contributed by atoms with E-state index >= 15 is 0 Å². The monoisotopic (exact) mass is 583 g/mol. The number of rotatable bonds is 12. The maximum Gasteiger partial charge on any atom is 0.264 e. The number of amides is 2. The molecular formula is C31H38ClN3O4S. The van der Waals surface area contributed by atoms with E-state index in [0.717, 1.165) is 27.4 Å². The third-order valence-corrected chi connectivity index (χ3v) is 8.96. The number of carbonyl (C=O) groups is 2. The normalized spacial score (nSPS) is 12.8. The van der Waals surface area contributed by atoms with Crippen molar-refractivity contribution >= 4 is 39.1 Å². The molecule has 40 heavy (non-hydrogen) atoms. The highest BCUT2D eigenvalue weighted by molar-refractivity contribution is 7.92. The zero-order valence-corrected chi connectivity index (χ0v) is 25.3. The molecule has 0 unspecified atom stereocenters. The minimum absolute atomic E-state index is 0.0393. The number of nitrogens with one attached hydrogen (secondary N) is 1. The average Bonchev–Trinajstić information content (AvgIpc) is 2.93. The van der Waals surface area contributed by atoms with Gasteiger partial charge in [0.1, 0.15) is 12.6 Å². The maximum absolute atomic E-state index is 14.1. The van der Waals surface area contributed by atoms with Crippen LogP contribution in [0.1, 0.15) is 50.3 Å². The fraction of sp³-hybridized carbons (Fsp3) is 0.355. The topological polar surface area (TPSA) is 86.8 Å². The van der Waals surface area contributed by atoms with E-state index in [0.29, 0.717) is 6.42 Å². The van der Waals surface area contributed by atoms with Gasteiger partial charge in [0.15, 0.2) is 0 Å². The minimum atomic E-state index is -4.18. The lowest BCUT2D eigenvalue weighted by Crippen LogP contribution is -2.53. The molecular weight excluding hydrogens is 546 g/mol. The Hall–Kier alpha value is -3.36. The molecule has 0 aliphatic rings. The fourth-order valence-corrected chi connectivity index (χ4v) is 5.98. The lowest BCUT2D eigenvalue weighted by atomic mass is 10.1. The van der Waals surface area contributed by atoms with Gasteiger partial charge in [-0.1, -0.05) is 85.1 Å². The molecule has 214 valence electrons. The van der Waals surface area contributed by atoms with Gasteiger partial charge in [-0.05, 0) is 63.4 Å². The molecule has 0 aromatic heterocycles. The van der Waals surface area contributed by atoms with E-state index in [1.807, 2.05) is 58.9 Å². The molecule has 0 heterocycles. The molecule has 0 saturated carbocycles. The first kappa shape index (κ1) is 31.2. The van der Waals surface area contributed by atoms with Gasteiger partial charge in [-0.15, -0.1) is 0 Å². The molecule has 0 aliphatic heterocycles. The molecule has 0 spiro atoms. The Morgan fingerprint density at radius 2 is 1.45 bits per heavy atom. The molecule has 3 aromatic rings. The summed E-state index contributed by atoms with van der Waals surface area (Å²) in [7, 11) is -4.18.